The summed E-state index contributed by atoms with van der Waals surface area (Å²) in [6.07, 6.45) is -4.50. The average Bonchev–Trinajstić information content (AvgIpc) is 2.43. The van der Waals surface area contributed by atoms with Crippen LogP contribution in [-0.4, -0.2) is 49.5 Å². The van der Waals surface area contributed by atoms with Gasteiger partial charge in [0, 0.05) is 36.2 Å². The molecule has 1 aromatic carbocycles. The first-order chi connectivity index (χ1) is 9.86. The van der Waals surface area contributed by atoms with E-state index < -0.39 is 18.0 Å². The Morgan fingerprint density at radius 3 is 2.48 bits per heavy atom. The van der Waals surface area contributed by atoms with Crippen molar-refractivity contribution in [2.24, 2.45) is 0 Å². The number of phenolic OH excluding ortho intramolecular Hbond substituents is 1. The molecular formula is C13H16BrF3N2O2. The number of piperazine rings is 1. The summed E-state index contributed by atoms with van der Waals surface area (Å²) >= 11 is 3.11. The molecule has 0 amide bonds. The van der Waals surface area contributed by atoms with Gasteiger partial charge in [-0.2, -0.15) is 13.2 Å². The number of phenols is 1. The Bertz CT molecular complexity index is 505. The third kappa shape index (κ3) is 3.44. The zero-order valence-electron chi connectivity index (χ0n) is 11.4. The van der Waals surface area contributed by atoms with Crippen molar-refractivity contribution >= 4 is 15.9 Å². The fourth-order valence-corrected chi connectivity index (χ4v) is 3.02. The van der Waals surface area contributed by atoms with Crippen molar-refractivity contribution in [3.05, 3.63) is 22.2 Å². The molecule has 0 aromatic heterocycles. The molecule has 0 radical (unpaired) electrons. The number of nitrogens with zero attached hydrogens (tertiary/aromatic N) is 1. The first-order valence-electron chi connectivity index (χ1n) is 6.43. The second-order valence-corrected chi connectivity index (χ2v) is 5.60. The molecule has 0 spiro atoms. The molecule has 1 heterocycles. The molecule has 0 unspecified atom stereocenters. The van der Waals surface area contributed by atoms with Crippen LogP contribution in [0.1, 0.15) is 11.6 Å². The Labute approximate surface area is 129 Å². The molecule has 1 saturated heterocycles. The zero-order valence-corrected chi connectivity index (χ0v) is 13.0. The summed E-state index contributed by atoms with van der Waals surface area (Å²) in [7, 11) is 1.31. The molecule has 0 bridgehead atoms. The van der Waals surface area contributed by atoms with Gasteiger partial charge in [-0.05, 0) is 12.1 Å². The van der Waals surface area contributed by atoms with Gasteiger partial charge < -0.3 is 15.2 Å². The number of benzene rings is 1. The highest BCUT2D eigenvalue weighted by Crippen LogP contribution is 2.47. The Morgan fingerprint density at radius 1 is 1.33 bits per heavy atom. The topological polar surface area (TPSA) is 44.7 Å². The van der Waals surface area contributed by atoms with Gasteiger partial charge in [-0.15, -0.1) is 0 Å². The van der Waals surface area contributed by atoms with Crippen molar-refractivity contribution in [2.45, 2.75) is 12.2 Å². The molecule has 4 nitrogen and oxygen atoms in total. The zero-order chi connectivity index (χ0) is 15.6. The van der Waals surface area contributed by atoms with Crippen LogP contribution in [0.25, 0.3) is 0 Å². The average molecular weight is 369 g/mol. The van der Waals surface area contributed by atoms with Gasteiger partial charge in [0.05, 0.1) is 7.11 Å². The van der Waals surface area contributed by atoms with Crippen molar-refractivity contribution < 1.29 is 23.0 Å². The summed E-state index contributed by atoms with van der Waals surface area (Å²) in [6, 6.07) is 1.01. The number of halogens is 4. The van der Waals surface area contributed by atoms with Crippen molar-refractivity contribution in [1.82, 2.24) is 10.2 Å². The van der Waals surface area contributed by atoms with Crippen molar-refractivity contribution in [1.29, 1.82) is 0 Å². The van der Waals surface area contributed by atoms with E-state index in [9.17, 15) is 18.3 Å². The normalized spacial score (nSPS) is 18.5. The number of aromatic hydroxyl groups is 1. The third-order valence-corrected chi connectivity index (χ3v) is 4.14. The number of ether oxygens (including phenoxy) is 1. The van der Waals surface area contributed by atoms with Crippen LogP contribution < -0.4 is 10.1 Å². The molecule has 1 aliphatic heterocycles. The summed E-state index contributed by atoms with van der Waals surface area (Å²) in [5.74, 6) is -0.453. The van der Waals surface area contributed by atoms with E-state index >= 15 is 0 Å². The standard InChI is InChI=1S/C13H16BrF3N2O2/c1-21-9-3-2-8(14)10(11(9)20)12(13(15,16)17)19-6-4-18-5-7-19/h2-3,12,18,20H,4-7H2,1H3/t12-/m0/s1. The van der Waals surface area contributed by atoms with E-state index in [1.165, 1.54) is 24.1 Å². The minimum absolute atomic E-state index is 0.0255. The summed E-state index contributed by atoms with van der Waals surface area (Å²) in [5.41, 5.74) is -0.205. The summed E-state index contributed by atoms with van der Waals surface area (Å²) in [5, 5.41) is 13.2. The Morgan fingerprint density at radius 2 is 1.95 bits per heavy atom. The van der Waals surface area contributed by atoms with E-state index in [0.29, 0.717) is 13.1 Å². The molecule has 21 heavy (non-hydrogen) atoms. The van der Waals surface area contributed by atoms with E-state index in [0.717, 1.165) is 0 Å². The van der Waals surface area contributed by atoms with Crippen molar-refractivity contribution in [3.63, 3.8) is 0 Å². The van der Waals surface area contributed by atoms with Gasteiger partial charge in [0.2, 0.25) is 0 Å². The third-order valence-electron chi connectivity index (χ3n) is 3.45. The van der Waals surface area contributed by atoms with Crippen LogP contribution in [0.5, 0.6) is 11.5 Å². The number of rotatable bonds is 3. The lowest BCUT2D eigenvalue weighted by atomic mass is 10.0. The number of alkyl halides is 3. The fourth-order valence-electron chi connectivity index (χ4n) is 2.48. The van der Waals surface area contributed by atoms with E-state index in [1.54, 1.807) is 0 Å². The van der Waals surface area contributed by atoms with Gasteiger partial charge in [-0.1, -0.05) is 15.9 Å². The van der Waals surface area contributed by atoms with E-state index in [2.05, 4.69) is 21.2 Å². The predicted octanol–water partition coefficient (Wildman–Crippen LogP) is 2.67. The van der Waals surface area contributed by atoms with Crippen LogP contribution in [0.15, 0.2) is 16.6 Å². The number of hydrogen-bond donors (Lipinski definition) is 2. The van der Waals surface area contributed by atoms with Crippen LogP contribution in [0.4, 0.5) is 13.2 Å². The van der Waals surface area contributed by atoms with Gasteiger partial charge in [-0.3, -0.25) is 4.90 Å². The monoisotopic (exact) mass is 368 g/mol. The first-order valence-corrected chi connectivity index (χ1v) is 7.22. The molecule has 1 aromatic rings. The van der Waals surface area contributed by atoms with Crippen molar-refractivity contribution in [2.75, 3.05) is 33.3 Å². The molecule has 8 heteroatoms. The molecule has 1 aliphatic rings. The SMILES string of the molecule is COc1ccc(Br)c([C@H](N2CCNCC2)C(F)(F)F)c1O. The van der Waals surface area contributed by atoms with Gasteiger partial charge in [-0.25, -0.2) is 0 Å². The maximum atomic E-state index is 13.6. The van der Waals surface area contributed by atoms with Crippen LogP contribution in [0, 0.1) is 0 Å². The van der Waals surface area contributed by atoms with Crippen LogP contribution in [0.3, 0.4) is 0 Å². The van der Waals surface area contributed by atoms with E-state index in [4.69, 9.17) is 4.74 Å². The van der Waals surface area contributed by atoms with Crippen molar-refractivity contribution in [3.8, 4) is 11.5 Å². The maximum Gasteiger partial charge on any atom is 0.408 e. The fraction of sp³-hybridized carbons (Fsp3) is 0.538. The maximum absolute atomic E-state index is 13.6. The number of nitrogens with one attached hydrogen (secondary N) is 1. The summed E-state index contributed by atoms with van der Waals surface area (Å²) < 4.78 is 45.8. The molecule has 2 N–H and O–H groups in total. The number of hydrogen-bond acceptors (Lipinski definition) is 4. The Hall–Kier alpha value is -0.990. The lowest BCUT2D eigenvalue weighted by molar-refractivity contribution is -0.188. The molecule has 0 aliphatic carbocycles. The Kier molecular flexibility index (Phi) is 5.00. The minimum Gasteiger partial charge on any atom is -0.504 e. The molecule has 2 rings (SSSR count). The van der Waals surface area contributed by atoms with E-state index in [1.807, 2.05) is 0 Å². The summed E-state index contributed by atoms with van der Waals surface area (Å²) in [6.45, 7) is 1.48. The summed E-state index contributed by atoms with van der Waals surface area (Å²) in [4.78, 5) is 1.32. The highest BCUT2D eigenvalue weighted by Gasteiger charge is 2.47. The Balaban J connectivity index is 2.51. The van der Waals surface area contributed by atoms with Gasteiger partial charge in [0.1, 0.15) is 6.04 Å². The smallest absolute Gasteiger partial charge is 0.408 e. The predicted molar refractivity (Wildman–Crippen MR) is 75.6 cm³/mol. The quantitative estimate of drug-likeness (QED) is 0.860. The van der Waals surface area contributed by atoms with Crippen LogP contribution in [-0.2, 0) is 0 Å². The molecule has 1 fully saturated rings. The highest BCUT2D eigenvalue weighted by atomic mass is 79.9. The lowest BCUT2D eigenvalue weighted by Crippen LogP contribution is -2.49. The second kappa shape index (κ2) is 6.41. The van der Waals surface area contributed by atoms with Crippen LogP contribution >= 0.6 is 15.9 Å². The van der Waals surface area contributed by atoms with Gasteiger partial charge in [0.25, 0.3) is 0 Å². The highest BCUT2D eigenvalue weighted by molar-refractivity contribution is 9.10. The van der Waals surface area contributed by atoms with Gasteiger partial charge >= 0.3 is 6.18 Å². The molecule has 0 saturated carbocycles. The first kappa shape index (κ1) is 16.4. The molecule has 118 valence electrons. The largest absolute Gasteiger partial charge is 0.504 e. The lowest BCUT2D eigenvalue weighted by Gasteiger charge is -2.36. The number of methoxy groups -OCH3 is 1. The molecule has 1 atom stereocenters. The minimum atomic E-state index is -4.50. The van der Waals surface area contributed by atoms with Gasteiger partial charge in [0.15, 0.2) is 11.5 Å². The molecular weight excluding hydrogens is 353 g/mol. The second-order valence-electron chi connectivity index (χ2n) is 4.74. The van der Waals surface area contributed by atoms with E-state index in [-0.39, 0.29) is 28.9 Å². The van der Waals surface area contributed by atoms with Crippen LogP contribution in [0.2, 0.25) is 0 Å².